The molecule has 0 atom stereocenters. The molecule has 0 saturated heterocycles. The van der Waals surface area contributed by atoms with Gasteiger partial charge in [0.1, 0.15) is 6.61 Å². The van der Waals surface area contributed by atoms with Gasteiger partial charge < -0.3 is 20.0 Å². The number of amides is 1. The molecule has 0 aliphatic heterocycles. The Labute approximate surface area is 127 Å². The lowest BCUT2D eigenvalue weighted by atomic mass is 10.2. The highest BCUT2D eigenvalue weighted by Crippen LogP contribution is 2.12. The summed E-state index contributed by atoms with van der Waals surface area (Å²) in [5.74, 6) is -1.07. The van der Waals surface area contributed by atoms with Crippen molar-refractivity contribution in [3.8, 4) is 0 Å². The number of unbranched alkanes of at least 4 members (excludes halogenated alkanes) is 2. The smallest absolute Gasteiger partial charge is 0.407 e. The highest BCUT2D eigenvalue weighted by Gasteiger charge is 2.06. The Morgan fingerprint density at radius 1 is 1.14 bits per heavy atom. The second-order valence-electron chi connectivity index (χ2n) is 4.61. The molecule has 1 N–H and O–H groups in total. The molecule has 1 aromatic rings. The summed E-state index contributed by atoms with van der Waals surface area (Å²) in [4.78, 5) is 31.5. The Balaban J connectivity index is 2.15. The Morgan fingerprint density at radius 3 is 2.41 bits per heavy atom. The molecule has 8 heteroatoms. The normalized spacial score (nSPS) is 10.0. The highest BCUT2D eigenvalue weighted by atomic mass is 16.6. The standard InChI is InChI=1S/C14H18N2O6/c17-13(18)4-2-1-3-9-15-14(19)22-10-11-5-7-12(8-6-11)16(20)21/h5-8H,1-4,9-10H2,(H,15,19)(H,17,18)/p-1. The quantitative estimate of drug-likeness (QED) is 0.414. The number of nitrogens with one attached hydrogen (secondary N) is 1. The molecule has 22 heavy (non-hydrogen) atoms. The number of benzene rings is 1. The van der Waals surface area contributed by atoms with E-state index in [0.29, 0.717) is 31.4 Å². The van der Waals surface area contributed by atoms with E-state index in [-0.39, 0.29) is 18.7 Å². The van der Waals surface area contributed by atoms with Gasteiger partial charge >= 0.3 is 6.09 Å². The van der Waals surface area contributed by atoms with Gasteiger partial charge in [-0.05, 0) is 37.0 Å². The molecular weight excluding hydrogens is 292 g/mol. The van der Waals surface area contributed by atoms with Crippen molar-refractivity contribution >= 4 is 17.7 Å². The maximum atomic E-state index is 11.4. The number of aliphatic carboxylic acids is 1. The van der Waals surface area contributed by atoms with E-state index in [4.69, 9.17) is 4.74 Å². The van der Waals surface area contributed by atoms with Gasteiger partial charge in [0.15, 0.2) is 0 Å². The number of alkyl carbamates (subject to hydrolysis) is 1. The van der Waals surface area contributed by atoms with Crippen LogP contribution in [0.25, 0.3) is 0 Å². The number of ether oxygens (including phenoxy) is 1. The highest BCUT2D eigenvalue weighted by molar-refractivity contribution is 5.67. The SMILES string of the molecule is O=C([O-])CCCCCNC(=O)OCc1ccc([N+](=O)[O-])cc1. The molecule has 1 aromatic carbocycles. The van der Waals surface area contributed by atoms with Crippen LogP contribution in [-0.2, 0) is 16.1 Å². The molecule has 0 unspecified atom stereocenters. The molecule has 1 rings (SSSR count). The Hall–Kier alpha value is -2.64. The van der Waals surface area contributed by atoms with Gasteiger partial charge in [0.25, 0.3) is 5.69 Å². The first-order chi connectivity index (χ1) is 10.5. The van der Waals surface area contributed by atoms with Crippen molar-refractivity contribution in [3.63, 3.8) is 0 Å². The van der Waals surface area contributed by atoms with Crippen molar-refractivity contribution in [3.05, 3.63) is 39.9 Å². The summed E-state index contributed by atoms with van der Waals surface area (Å²) in [6, 6.07) is 5.72. The molecule has 1 amide bonds. The predicted octanol–water partition coefficient (Wildman–Crippen LogP) is 1.13. The van der Waals surface area contributed by atoms with E-state index in [1.54, 1.807) is 0 Å². The molecule has 0 heterocycles. The lowest BCUT2D eigenvalue weighted by molar-refractivity contribution is -0.384. The van der Waals surface area contributed by atoms with Crippen LogP contribution in [0.4, 0.5) is 10.5 Å². The third-order valence-electron chi connectivity index (χ3n) is 2.84. The first-order valence-electron chi connectivity index (χ1n) is 6.83. The number of carboxylic acid groups (broad SMARTS) is 1. The van der Waals surface area contributed by atoms with Gasteiger partial charge in [-0.3, -0.25) is 10.1 Å². The van der Waals surface area contributed by atoms with E-state index in [0.717, 1.165) is 0 Å². The summed E-state index contributed by atoms with van der Waals surface area (Å²) < 4.78 is 4.95. The van der Waals surface area contributed by atoms with Gasteiger partial charge in [-0.25, -0.2) is 4.79 Å². The van der Waals surface area contributed by atoms with Crippen LogP contribution in [0.5, 0.6) is 0 Å². The molecule has 0 aromatic heterocycles. The third kappa shape index (κ3) is 7.22. The number of carbonyl (C=O) groups excluding carboxylic acids is 2. The van der Waals surface area contributed by atoms with Crippen molar-refractivity contribution < 1.29 is 24.4 Å². The number of nitro groups is 1. The van der Waals surface area contributed by atoms with Crippen molar-refractivity contribution in [1.29, 1.82) is 0 Å². The molecule has 120 valence electrons. The monoisotopic (exact) mass is 309 g/mol. The molecule has 0 aliphatic carbocycles. The minimum absolute atomic E-state index is 0.0184. The fourth-order valence-corrected chi connectivity index (χ4v) is 1.68. The molecule has 8 nitrogen and oxygen atoms in total. The van der Waals surface area contributed by atoms with E-state index in [9.17, 15) is 24.8 Å². The summed E-state index contributed by atoms with van der Waals surface area (Å²) in [6.45, 7) is 0.417. The summed E-state index contributed by atoms with van der Waals surface area (Å²) in [5, 5.41) is 23.2. The molecule has 0 spiro atoms. The van der Waals surface area contributed by atoms with Crippen molar-refractivity contribution in [2.75, 3.05) is 6.54 Å². The van der Waals surface area contributed by atoms with Crippen LogP contribution in [0.3, 0.4) is 0 Å². The second-order valence-corrected chi connectivity index (χ2v) is 4.61. The topological polar surface area (TPSA) is 122 Å². The predicted molar refractivity (Wildman–Crippen MR) is 74.8 cm³/mol. The number of nitrogens with zero attached hydrogens (tertiary/aromatic N) is 1. The summed E-state index contributed by atoms with van der Waals surface area (Å²) >= 11 is 0. The minimum Gasteiger partial charge on any atom is -0.550 e. The van der Waals surface area contributed by atoms with Gasteiger partial charge in [0, 0.05) is 24.6 Å². The summed E-state index contributed by atoms with van der Waals surface area (Å²) in [6.07, 6.45) is 1.28. The Kier molecular flexibility index (Phi) is 7.38. The lowest BCUT2D eigenvalue weighted by Crippen LogP contribution is -2.25. The zero-order valence-corrected chi connectivity index (χ0v) is 11.9. The zero-order chi connectivity index (χ0) is 16.4. The zero-order valence-electron chi connectivity index (χ0n) is 11.9. The third-order valence-corrected chi connectivity index (χ3v) is 2.84. The number of hydrogen-bond acceptors (Lipinski definition) is 6. The van der Waals surface area contributed by atoms with Crippen LogP contribution in [-0.4, -0.2) is 23.5 Å². The number of carbonyl (C=O) groups is 2. The van der Waals surface area contributed by atoms with E-state index in [2.05, 4.69) is 5.32 Å². The number of non-ortho nitro benzene ring substituents is 1. The fraction of sp³-hybridized carbons (Fsp3) is 0.429. The van der Waals surface area contributed by atoms with Gasteiger partial charge in [-0.15, -0.1) is 0 Å². The second kappa shape index (κ2) is 9.32. The van der Waals surface area contributed by atoms with Crippen molar-refractivity contribution in [2.24, 2.45) is 0 Å². The van der Waals surface area contributed by atoms with E-state index in [1.807, 2.05) is 0 Å². The number of rotatable bonds is 9. The average molecular weight is 309 g/mol. The molecule has 0 saturated carbocycles. The Morgan fingerprint density at radius 2 is 1.82 bits per heavy atom. The minimum atomic E-state index is -1.07. The first-order valence-corrected chi connectivity index (χ1v) is 6.83. The Bertz CT molecular complexity index is 515. The molecular formula is C14H17N2O6-. The maximum absolute atomic E-state index is 11.4. The largest absolute Gasteiger partial charge is 0.550 e. The van der Waals surface area contributed by atoms with E-state index < -0.39 is 17.0 Å². The molecule has 0 radical (unpaired) electrons. The van der Waals surface area contributed by atoms with E-state index >= 15 is 0 Å². The first kappa shape index (κ1) is 17.4. The summed E-state index contributed by atoms with van der Waals surface area (Å²) in [5.41, 5.74) is 0.625. The molecule has 0 bridgehead atoms. The van der Waals surface area contributed by atoms with E-state index in [1.165, 1.54) is 24.3 Å². The van der Waals surface area contributed by atoms with Gasteiger partial charge in [0.05, 0.1) is 4.92 Å². The maximum Gasteiger partial charge on any atom is 0.407 e. The summed E-state index contributed by atoms with van der Waals surface area (Å²) in [7, 11) is 0. The van der Waals surface area contributed by atoms with Crippen LogP contribution in [0.15, 0.2) is 24.3 Å². The average Bonchev–Trinajstić information content (AvgIpc) is 2.48. The lowest BCUT2D eigenvalue weighted by Gasteiger charge is -2.07. The number of carboxylic acids is 1. The number of hydrogen-bond donors (Lipinski definition) is 1. The van der Waals surface area contributed by atoms with Crippen molar-refractivity contribution in [2.45, 2.75) is 32.3 Å². The molecule has 0 aliphatic rings. The number of nitro benzene ring substituents is 1. The van der Waals surface area contributed by atoms with Crippen LogP contribution < -0.4 is 10.4 Å². The van der Waals surface area contributed by atoms with Crippen LogP contribution in [0.2, 0.25) is 0 Å². The van der Waals surface area contributed by atoms with Crippen LogP contribution in [0, 0.1) is 10.1 Å². The fourth-order valence-electron chi connectivity index (χ4n) is 1.68. The molecule has 0 fully saturated rings. The van der Waals surface area contributed by atoms with Gasteiger partial charge in [-0.2, -0.15) is 0 Å². The van der Waals surface area contributed by atoms with Gasteiger partial charge in [-0.1, -0.05) is 6.42 Å². The van der Waals surface area contributed by atoms with Crippen molar-refractivity contribution in [1.82, 2.24) is 5.32 Å². The van der Waals surface area contributed by atoms with Crippen LogP contribution in [0.1, 0.15) is 31.2 Å². The van der Waals surface area contributed by atoms with Crippen LogP contribution >= 0.6 is 0 Å². The van der Waals surface area contributed by atoms with Gasteiger partial charge in [0.2, 0.25) is 0 Å².